The summed E-state index contributed by atoms with van der Waals surface area (Å²) in [4.78, 5) is 0. The summed E-state index contributed by atoms with van der Waals surface area (Å²) in [5.41, 5.74) is 7.94. The van der Waals surface area contributed by atoms with Crippen molar-refractivity contribution in [2.45, 2.75) is 53.4 Å². The fraction of sp³-hybridized carbons (Fsp3) is 0.160. The van der Waals surface area contributed by atoms with E-state index in [9.17, 15) is 0 Å². The number of hydrogen-bond donors (Lipinski definition) is 0. The Morgan fingerprint density at radius 2 is 0.750 bits per heavy atom. The number of aryl methyl sites for hydroxylation is 2. The first kappa shape index (κ1) is 44.3. The topological polar surface area (TPSA) is 0 Å². The summed E-state index contributed by atoms with van der Waals surface area (Å²) in [6.45, 7) is 18.8. The first-order chi connectivity index (χ1) is 24.5. The number of unbranched alkanes of at least 4 members (excludes halogenated alkanes) is 2. The molecule has 8 aromatic carbocycles. The predicted octanol–water partition coefficient (Wildman–Crippen LogP) is 15.1. The number of benzene rings is 6. The van der Waals surface area contributed by atoms with Gasteiger partial charge in [-0.25, -0.2) is 0 Å². The van der Waals surface area contributed by atoms with E-state index < -0.39 is 0 Å². The van der Waals surface area contributed by atoms with Crippen LogP contribution >= 0.6 is 0 Å². The third kappa shape index (κ3) is 11.1. The van der Waals surface area contributed by atoms with Crippen LogP contribution in [0.15, 0.2) is 146 Å². The third-order valence-electron chi connectivity index (χ3n) is 8.66. The van der Waals surface area contributed by atoms with Crippen molar-refractivity contribution in [3.8, 4) is 22.3 Å². The number of hydrogen-bond acceptors (Lipinski definition) is 0. The van der Waals surface area contributed by atoms with Crippen molar-refractivity contribution < 1.29 is 23.3 Å². The molecule has 0 saturated heterocycles. The molecule has 0 bridgehead atoms. The molecule has 0 heterocycles. The van der Waals surface area contributed by atoms with Crippen LogP contribution in [0.25, 0.3) is 65.3 Å². The van der Waals surface area contributed by atoms with Crippen LogP contribution < -0.4 is 0 Å². The molecule has 0 atom stereocenters. The molecule has 0 unspecified atom stereocenters. The zero-order valence-electron chi connectivity index (χ0n) is 32.1. The molecule has 0 nitrogen and oxygen atoms in total. The summed E-state index contributed by atoms with van der Waals surface area (Å²) in [6, 6.07) is 52.5. The number of rotatable bonds is 4. The zero-order valence-corrected chi connectivity index (χ0v) is 35.6. The van der Waals surface area contributed by atoms with Crippen molar-refractivity contribution in [3.63, 3.8) is 0 Å². The third-order valence-corrected chi connectivity index (χ3v) is 8.66. The van der Waals surface area contributed by atoms with Gasteiger partial charge in [-0.3, -0.25) is 0 Å². The van der Waals surface area contributed by atoms with Crippen LogP contribution in [0.3, 0.4) is 0 Å². The Morgan fingerprint density at radius 3 is 1.10 bits per heavy atom. The minimum absolute atomic E-state index is 0. The van der Waals surface area contributed by atoms with Crippen LogP contribution in [0.4, 0.5) is 0 Å². The van der Waals surface area contributed by atoms with E-state index in [1.54, 1.807) is 0 Å². The standard InChI is InChI=1S/2C20H15.2C4H9.2CH3.Si.Zr/c2*1-14-12-16-8-5-11-19(20(16)13-14)18-10-4-7-15-6-2-3-9-17(15)18;2*1-3-4-2;;;;/h2*2-13H,1H3;2*1,3-4H2,2H3;2*1H3;;/q6*-1;;. The van der Waals surface area contributed by atoms with Crippen LogP contribution in [-0.2, 0) is 23.3 Å². The Morgan fingerprint density at radius 1 is 0.462 bits per heavy atom. The summed E-state index contributed by atoms with van der Waals surface area (Å²) in [5, 5.41) is 10.6. The predicted molar refractivity (Wildman–Crippen MR) is 234 cm³/mol. The molecule has 2 radical (unpaired) electrons. The molecule has 0 aromatic heterocycles. The Kier molecular flexibility index (Phi) is 19.6. The molecule has 0 saturated carbocycles. The first-order valence-electron chi connectivity index (χ1n) is 17.6. The summed E-state index contributed by atoms with van der Waals surface area (Å²) >= 11 is 1.36. The van der Waals surface area contributed by atoms with E-state index in [0.717, 1.165) is 12.8 Å². The fourth-order valence-corrected chi connectivity index (χ4v) is 6.16. The maximum atomic E-state index is 3.60. The van der Waals surface area contributed by atoms with E-state index in [2.05, 4.69) is 194 Å². The molecule has 0 aliphatic carbocycles. The van der Waals surface area contributed by atoms with Gasteiger partial charge in [0.15, 0.2) is 0 Å². The van der Waals surface area contributed by atoms with Gasteiger partial charge in [0.1, 0.15) is 0 Å². The van der Waals surface area contributed by atoms with Gasteiger partial charge in [0, 0.05) is 0 Å². The Labute approximate surface area is 332 Å². The molecule has 52 heavy (non-hydrogen) atoms. The van der Waals surface area contributed by atoms with Crippen LogP contribution in [0, 0.1) is 42.5 Å². The SMILES string of the molecule is Cc1cc2c(-c3cccc4ccccc34)cccc2[cH-]1.Cc1cc2c(-c3cccc4ccccc34)cccc2[cH-]1.[CH2-]CCC.[CH2-]CCC.[CH3-].[CH3-].[Si]=[Zr]. The molecule has 8 rings (SSSR count). The molecule has 0 N–H and O–H groups in total. The van der Waals surface area contributed by atoms with E-state index in [4.69, 9.17) is 0 Å². The van der Waals surface area contributed by atoms with E-state index in [1.807, 2.05) is 0 Å². The molecule has 0 fully saturated rings. The van der Waals surface area contributed by atoms with Crippen LogP contribution in [-0.4, -0.2) is 6.88 Å². The van der Waals surface area contributed by atoms with Gasteiger partial charge < -0.3 is 28.7 Å². The van der Waals surface area contributed by atoms with Gasteiger partial charge in [-0.15, -0.1) is 69.1 Å². The van der Waals surface area contributed by atoms with Crippen LogP contribution in [0.1, 0.15) is 50.7 Å². The molecule has 0 aliphatic heterocycles. The monoisotopic (exact) mass is 772 g/mol. The normalized spacial score (nSPS) is 9.87. The fourth-order valence-electron chi connectivity index (χ4n) is 6.16. The average molecular weight is 774 g/mol. The second-order valence-corrected chi connectivity index (χ2v) is 12.4. The van der Waals surface area contributed by atoms with Gasteiger partial charge in [-0.2, -0.15) is 25.0 Å². The van der Waals surface area contributed by atoms with Gasteiger partial charge >= 0.3 is 30.2 Å². The van der Waals surface area contributed by atoms with Crippen molar-refractivity contribution in [1.82, 2.24) is 0 Å². The van der Waals surface area contributed by atoms with E-state index in [-0.39, 0.29) is 14.9 Å². The first-order valence-corrected chi connectivity index (χ1v) is 21.8. The minimum atomic E-state index is 0. The molecular weight excluding hydrogens is 720 g/mol. The average Bonchev–Trinajstić information content (AvgIpc) is 3.76. The quantitative estimate of drug-likeness (QED) is 0.123. The summed E-state index contributed by atoms with van der Waals surface area (Å²) < 4.78 is 0. The second-order valence-electron chi connectivity index (χ2n) is 12.4. The van der Waals surface area contributed by atoms with Gasteiger partial charge in [-0.05, 0) is 32.7 Å². The molecule has 0 amide bonds. The van der Waals surface area contributed by atoms with Crippen molar-refractivity contribution >= 4 is 50.0 Å². The van der Waals surface area contributed by atoms with E-state index in [1.165, 1.54) is 113 Å². The number of fused-ring (bicyclic) bond motifs is 4. The second kappa shape index (κ2) is 23.0. The summed E-state index contributed by atoms with van der Waals surface area (Å²) in [7, 11) is 0. The molecule has 0 spiro atoms. The molecular formula is C50H54SiZr-6. The van der Waals surface area contributed by atoms with E-state index in [0.29, 0.717) is 0 Å². The van der Waals surface area contributed by atoms with Gasteiger partial charge in [-0.1, -0.05) is 149 Å². The van der Waals surface area contributed by atoms with Gasteiger partial charge in [0.25, 0.3) is 0 Å². The Hall–Kier alpha value is -3.84. The molecule has 0 aliphatic rings. The summed E-state index contributed by atoms with van der Waals surface area (Å²) in [5.74, 6) is 0. The van der Waals surface area contributed by atoms with Gasteiger partial charge in [0.05, 0.1) is 0 Å². The molecule has 2 heteroatoms. The molecule has 8 aromatic rings. The van der Waals surface area contributed by atoms with E-state index >= 15 is 0 Å². The van der Waals surface area contributed by atoms with Crippen molar-refractivity contribution in [3.05, 3.63) is 185 Å². The summed E-state index contributed by atoms with van der Waals surface area (Å²) in [6.07, 6.45) is 4.56. The Bertz CT molecular complexity index is 2060. The van der Waals surface area contributed by atoms with Gasteiger partial charge in [0.2, 0.25) is 0 Å². The van der Waals surface area contributed by atoms with Crippen LogP contribution in [0.5, 0.6) is 0 Å². The zero-order chi connectivity index (χ0) is 35.9. The van der Waals surface area contributed by atoms with Crippen LogP contribution in [0.2, 0.25) is 0 Å². The van der Waals surface area contributed by atoms with Crippen molar-refractivity contribution in [2.24, 2.45) is 0 Å². The van der Waals surface area contributed by atoms with Crippen molar-refractivity contribution in [2.75, 3.05) is 0 Å². The van der Waals surface area contributed by atoms with Crippen molar-refractivity contribution in [1.29, 1.82) is 0 Å². The molecule has 268 valence electrons. The maximum absolute atomic E-state index is 3.60. The Balaban J connectivity index is 0.000000280.